The van der Waals surface area contributed by atoms with Gasteiger partial charge in [0.1, 0.15) is 0 Å². The molecule has 33 heavy (non-hydrogen) atoms. The maximum atomic E-state index is 13.0. The van der Waals surface area contributed by atoms with E-state index in [4.69, 9.17) is 9.47 Å². The second-order valence-electron chi connectivity index (χ2n) is 7.90. The number of aromatic nitrogens is 4. The average molecular weight is 452 g/mol. The molecule has 0 aliphatic heterocycles. The number of pyridine rings is 1. The van der Waals surface area contributed by atoms with Gasteiger partial charge in [-0.2, -0.15) is 5.10 Å². The van der Waals surface area contributed by atoms with Crippen molar-refractivity contribution in [2.24, 2.45) is 7.05 Å². The Morgan fingerprint density at radius 1 is 1.18 bits per heavy atom. The SMILES string of the molecule is CCCC(=O)Oc1c(OC)ccnc1C(=O)N[C@@H](C)c1nc(-c2cc(C)cc(C)c2)n(C)n1. The molecule has 1 N–H and O–H groups in total. The summed E-state index contributed by atoms with van der Waals surface area (Å²) < 4.78 is 12.4. The molecule has 0 bridgehead atoms. The molecule has 1 atom stereocenters. The fourth-order valence-electron chi connectivity index (χ4n) is 3.49. The second-order valence-corrected chi connectivity index (χ2v) is 7.90. The van der Waals surface area contributed by atoms with Gasteiger partial charge in [0.05, 0.1) is 13.2 Å². The minimum absolute atomic E-state index is 0.00643. The third kappa shape index (κ3) is 5.54. The van der Waals surface area contributed by atoms with Gasteiger partial charge in [0.15, 0.2) is 23.1 Å². The molecule has 174 valence electrons. The molecule has 2 heterocycles. The van der Waals surface area contributed by atoms with E-state index in [0.717, 1.165) is 16.7 Å². The van der Waals surface area contributed by atoms with Gasteiger partial charge in [-0.1, -0.05) is 24.1 Å². The molecule has 0 unspecified atom stereocenters. The van der Waals surface area contributed by atoms with Crippen LogP contribution in [-0.2, 0) is 11.8 Å². The largest absolute Gasteiger partial charge is 0.493 e. The van der Waals surface area contributed by atoms with Crippen molar-refractivity contribution in [3.05, 3.63) is 53.1 Å². The van der Waals surface area contributed by atoms with E-state index in [1.54, 1.807) is 11.6 Å². The predicted molar refractivity (Wildman–Crippen MR) is 123 cm³/mol. The van der Waals surface area contributed by atoms with Gasteiger partial charge in [-0.05, 0) is 39.3 Å². The molecule has 2 aromatic heterocycles. The second kappa shape index (κ2) is 10.2. The molecular weight excluding hydrogens is 422 g/mol. The number of methoxy groups -OCH3 is 1. The zero-order valence-corrected chi connectivity index (χ0v) is 19.8. The van der Waals surface area contributed by atoms with E-state index in [0.29, 0.717) is 18.1 Å². The van der Waals surface area contributed by atoms with E-state index in [9.17, 15) is 9.59 Å². The summed E-state index contributed by atoms with van der Waals surface area (Å²) in [5.74, 6) is 0.406. The molecule has 0 aliphatic rings. The smallest absolute Gasteiger partial charge is 0.311 e. The summed E-state index contributed by atoms with van der Waals surface area (Å²) in [6, 6.07) is 7.19. The summed E-state index contributed by atoms with van der Waals surface area (Å²) in [4.78, 5) is 33.9. The van der Waals surface area contributed by atoms with Crippen LogP contribution in [-0.4, -0.2) is 38.7 Å². The van der Waals surface area contributed by atoms with Gasteiger partial charge >= 0.3 is 5.97 Å². The topological polar surface area (TPSA) is 108 Å². The number of carbonyl (C=O) groups is 2. The van der Waals surface area contributed by atoms with Crippen LogP contribution in [0.5, 0.6) is 11.5 Å². The summed E-state index contributed by atoms with van der Waals surface area (Å²) in [5.41, 5.74) is 3.17. The van der Waals surface area contributed by atoms with Crippen molar-refractivity contribution in [3.63, 3.8) is 0 Å². The molecule has 0 saturated heterocycles. The number of nitrogens with zero attached hydrogens (tertiary/aromatic N) is 4. The van der Waals surface area contributed by atoms with Crippen LogP contribution in [0.1, 0.15) is 60.2 Å². The van der Waals surface area contributed by atoms with Crippen LogP contribution in [0.2, 0.25) is 0 Å². The molecule has 3 aromatic rings. The molecular formula is C24H29N5O4. The molecule has 1 amide bonds. The van der Waals surface area contributed by atoms with Crippen LogP contribution < -0.4 is 14.8 Å². The number of ether oxygens (including phenoxy) is 2. The van der Waals surface area contributed by atoms with Gasteiger partial charge < -0.3 is 14.8 Å². The van der Waals surface area contributed by atoms with Gasteiger partial charge in [-0.15, -0.1) is 0 Å². The first kappa shape index (κ1) is 23.9. The Kier molecular flexibility index (Phi) is 7.42. The number of hydrogen-bond acceptors (Lipinski definition) is 7. The number of carbonyl (C=O) groups excluding carboxylic acids is 2. The molecule has 0 radical (unpaired) electrons. The zero-order valence-electron chi connectivity index (χ0n) is 19.8. The van der Waals surface area contributed by atoms with Crippen LogP contribution in [0, 0.1) is 13.8 Å². The van der Waals surface area contributed by atoms with Crippen molar-refractivity contribution in [1.29, 1.82) is 0 Å². The van der Waals surface area contributed by atoms with Gasteiger partial charge in [0.2, 0.25) is 5.75 Å². The molecule has 9 nitrogen and oxygen atoms in total. The fourth-order valence-corrected chi connectivity index (χ4v) is 3.49. The van der Waals surface area contributed by atoms with E-state index in [-0.39, 0.29) is 23.6 Å². The predicted octanol–water partition coefficient (Wildman–Crippen LogP) is 3.70. The van der Waals surface area contributed by atoms with Crippen molar-refractivity contribution < 1.29 is 19.1 Å². The Morgan fingerprint density at radius 3 is 2.52 bits per heavy atom. The first-order valence-electron chi connectivity index (χ1n) is 10.8. The molecule has 0 spiro atoms. The highest BCUT2D eigenvalue weighted by atomic mass is 16.6. The molecule has 9 heteroatoms. The molecule has 1 aromatic carbocycles. The summed E-state index contributed by atoms with van der Waals surface area (Å²) in [5, 5.41) is 7.32. The number of benzene rings is 1. The maximum Gasteiger partial charge on any atom is 0.311 e. The number of amides is 1. The first-order valence-corrected chi connectivity index (χ1v) is 10.8. The standard InChI is InChI=1S/C24H29N5O4/c1-7-8-19(30)33-21-18(32-6)9-10-25-20(21)24(31)26-16(4)22-27-23(29(5)28-22)17-12-14(2)11-15(3)13-17/h9-13,16H,7-8H2,1-6H3,(H,26,31)/t16-/m0/s1. The monoisotopic (exact) mass is 451 g/mol. The lowest BCUT2D eigenvalue weighted by Crippen LogP contribution is -2.29. The molecule has 3 rings (SSSR count). The summed E-state index contributed by atoms with van der Waals surface area (Å²) in [7, 11) is 3.25. The van der Waals surface area contributed by atoms with Gasteiger partial charge in [-0.25, -0.2) is 14.6 Å². The average Bonchev–Trinajstić information content (AvgIpc) is 3.15. The Bertz CT molecular complexity index is 1150. The van der Waals surface area contributed by atoms with Crippen molar-refractivity contribution in [3.8, 4) is 22.9 Å². The number of nitrogens with one attached hydrogen (secondary N) is 1. The summed E-state index contributed by atoms with van der Waals surface area (Å²) in [6.07, 6.45) is 2.26. The van der Waals surface area contributed by atoms with E-state index >= 15 is 0 Å². The van der Waals surface area contributed by atoms with Crippen LogP contribution in [0.4, 0.5) is 0 Å². The minimum atomic E-state index is -0.527. The van der Waals surface area contributed by atoms with Gasteiger partial charge in [-0.3, -0.25) is 9.59 Å². The van der Waals surface area contributed by atoms with Crippen molar-refractivity contribution in [2.45, 2.75) is 46.6 Å². The lowest BCUT2D eigenvalue weighted by molar-refractivity contribution is -0.134. The van der Waals surface area contributed by atoms with E-state index in [2.05, 4.69) is 26.4 Å². The van der Waals surface area contributed by atoms with Gasteiger partial charge in [0.25, 0.3) is 5.91 Å². The normalized spacial score (nSPS) is 11.7. The third-order valence-corrected chi connectivity index (χ3v) is 4.97. The van der Waals surface area contributed by atoms with Crippen LogP contribution in [0.3, 0.4) is 0 Å². The highest BCUT2D eigenvalue weighted by Crippen LogP contribution is 2.30. The Labute approximate surface area is 193 Å². The summed E-state index contributed by atoms with van der Waals surface area (Å²) in [6.45, 7) is 7.70. The first-order chi connectivity index (χ1) is 15.7. The molecule has 0 fully saturated rings. The van der Waals surface area contributed by atoms with Crippen molar-refractivity contribution in [1.82, 2.24) is 25.1 Å². The van der Waals surface area contributed by atoms with E-state index < -0.39 is 17.9 Å². The quantitative estimate of drug-likeness (QED) is 0.520. The summed E-state index contributed by atoms with van der Waals surface area (Å²) >= 11 is 0. The zero-order chi connectivity index (χ0) is 24.1. The molecule has 0 saturated carbocycles. The maximum absolute atomic E-state index is 13.0. The lowest BCUT2D eigenvalue weighted by atomic mass is 10.1. The number of aryl methyl sites for hydroxylation is 3. The van der Waals surface area contributed by atoms with Gasteiger partial charge in [0, 0.05) is 31.3 Å². The van der Waals surface area contributed by atoms with E-state index in [1.165, 1.54) is 19.4 Å². The van der Waals surface area contributed by atoms with Crippen LogP contribution in [0.15, 0.2) is 30.5 Å². The highest BCUT2D eigenvalue weighted by Gasteiger charge is 2.24. The number of rotatable bonds is 8. The van der Waals surface area contributed by atoms with Crippen LogP contribution in [0.25, 0.3) is 11.4 Å². The van der Waals surface area contributed by atoms with Crippen molar-refractivity contribution >= 4 is 11.9 Å². The molecule has 0 aliphatic carbocycles. The Hall–Kier alpha value is -3.75. The Balaban J connectivity index is 1.85. The Morgan fingerprint density at radius 2 is 1.88 bits per heavy atom. The number of hydrogen-bond donors (Lipinski definition) is 1. The van der Waals surface area contributed by atoms with Crippen LogP contribution >= 0.6 is 0 Å². The lowest BCUT2D eigenvalue weighted by Gasteiger charge is -2.14. The highest BCUT2D eigenvalue weighted by molar-refractivity contribution is 5.96. The van der Waals surface area contributed by atoms with E-state index in [1.807, 2.05) is 40.0 Å². The fraction of sp³-hybridized carbons (Fsp3) is 0.375. The van der Waals surface area contributed by atoms with Crippen molar-refractivity contribution in [2.75, 3.05) is 7.11 Å². The third-order valence-electron chi connectivity index (χ3n) is 4.97. The minimum Gasteiger partial charge on any atom is -0.493 e. The number of esters is 1.